The van der Waals surface area contributed by atoms with Gasteiger partial charge in [-0.1, -0.05) is 12.2 Å². The lowest BCUT2D eigenvalue weighted by atomic mass is 10.2. The van der Waals surface area contributed by atoms with Crippen molar-refractivity contribution in [2.75, 3.05) is 44.3 Å². The Balaban J connectivity index is 1.74. The molecule has 0 unspecified atom stereocenters. The van der Waals surface area contributed by atoms with Gasteiger partial charge in [0.15, 0.2) is 11.5 Å². The van der Waals surface area contributed by atoms with Gasteiger partial charge in [-0.2, -0.15) is 5.26 Å². The van der Waals surface area contributed by atoms with Gasteiger partial charge in [0.25, 0.3) is 0 Å². The van der Waals surface area contributed by atoms with Gasteiger partial charge in [0, 0.05) is 43.6 Å². The zero-order valence-electron chi connectivity index (χ0n) is 14.3. The van der Waals surface area contributed by atoms with Crippen molar-refractivity contribution >= 4 is 22.9 Å². The van der Waals surface area contributed by atoms with E-state index in [9.17, 15) is 5.26 Å². The number of nitrogens with zero attached hydrogens (tertiary/aromatic N) is 3. The fourth-order valence-electron chi connectivity index (χ4n) is 3.21. The zero-order valence-corrected chi connectivity index (χ0v) is 15.1. The van der Waals surface area contributed by atoms with Gasteiger partial charge in [-0.3, -0.25) is 0 Å². The number of benzene rings is 1. The van der Waals surface area contributed by atoms with Crippen LogP contribution in [0.1, 0.15) is 13.3 Å². The highest BCUT2D eigenvalue weighted by Gasteiger charge is 2.20. The lowest BCUT2D eigenvalue weighted by Gasteiger charge is -2.27. The minimum absolute atomic E-state index is 0.160. The summed E-state index contributed by atoms with van der Waals surface area (Å²) < 4.78 is 11.3. The van der Waals surface area contributed by atoms with Crippen molar-refractivity contribution < 1.29 is 9.47 Å². The number of thiocarbonyl (C=S) groups is 1. The molecule has 0 aliphatic carbocycles. The fraction of sp³-hybridized carbons (Fsp3) is 0.444. The molecule has 2 aliphatic rings. The molecule has 0 spiro atoms. The maximum absolute atomic E-state index is 9.27. The van der Waals surface area contributed by atoms with E-state index >= 15 is 0 Å². The van der Waals surface area contributed by atoms with Crippen LogP contribution in [0, 0.1) is 11.3 Å². The molecule has 1 aromatic carbocycles. The number of anilines is 1. The predicted octanol–water partition coefficient (Wildman–Crippen LogP) is 2.05. The number of hydrogen-bond donors (Lipinski definition) is 1. The molecule has 25 heavy (non-hydrogen) atoms. The molecule has 6 nitrogen and oxygen atoms in total. The molecule has 2 heterocycles. The quantitative estimate of drug-likeness (QED) is 0.503. The molecule has 0 bridgehead atoms. The van der Waals surface area contributed by atoms with Crippen molar-refractivity contribution in [2.45, 2.75) is 13.3 Å². The molecule has 2 aliphatic heterocycles. The van der Waals surface area contributed by atoms with E-state index in [0.717, 1.165) is 55.5 Å². The molecule has 7 heteroatoms. The average molecular weight is 358 g/mol. The second-order valence-corrected chi connectivity index (χ2v) is 6.53. The second-order valence-electron chi connectivity index (χ2n) is 6.09. The molecule has 0 aromatic heterocycles. The standard InChI is InChI=1S/C18H22N4O2S/c1-13(15(12-19)18(20)25)21-5-2-6-22(8-7-21)14-3-4-16-17(11-14)24-10-9-23-16/h3-4,11H,2,5-10H2,1H3,(H2,20,25)/b15-13-. The summed E-state index contributed by atoms with van der Waals surface area (Å²) in [5.41, 5.74) is 8.06. The van der Waals surface area contributed by atoms with Crippen molar-refractivity contribution in [3.05, 3.63) is 29.5 Å². The Kier molecular flexibility index (Phi) is 5.29. The topological polar surface area (TPSA) is 74.8 Å². The van der Waals surface area contributed by atoms with E-state index in [0.29, 0.717) is 18.8 Å². The minimum Gasteiger partial charge on any atom is -0.486 e. The summed E-state index contributed by atoms with van der Waals surface area (Å²) in [4.78, 5) is 4.68. The lowest BCUT2D eigenvalue weighted by molar-refractivity contribution is 0.171. The summed E-state index contributed by atoms with van der Waals surface area (Å²) >= 11 is 4.99. The smallest absolute Gasteiger partial charge is 0.163 e. The SMILES string of the molecule is C/C(=C(\C#N)C(N)=S)N1CCCN(c2ccc3c(c2)OCCO3)CC1. The van der Waals surface area contributed by atoms with Gasteiger partial charge in [-0.25, -0.2) is 0 Å². The normalized spacial score (nSPS) is 18.1. The Morgan fingerprint density at radius 2 is 1.92 bits per heavy atom. The molecule has 3 rings (SSSR count). The number of allylic oxidation sites excluding steroid dienone is 1. The largest absolute Gasteiger partial charge is 0.486 e. The number of nitriles is 1. The Morgan fingerprint density at radius 3 is 2.64 bits per heavy atom. The number of ether oxygens (including phenoxy) is 2. The molecular weight excluding hydrogens is 336 g/mol. The Hall–Kier alpha value is -2.46. The summed E-state index contributed by atoms with van der Waals surface area (Å²) in [5.74, 6) is 1.61. The highest BCUT2D eigenvalue weighted by molar-refractivity contribution is 7.80. The molecule has 132 valence electrons. The van der Waals surface area contributed by atoms with E-state index in [-0.39, 0.29) is 4.99 Å². The third kappa shape index (κ3) is 3.80. The van der Waals surface area contributed by atoms with Gasteiger partial charge in [0.1, 0.15) is 29.8 Å². The first-order chi connectivity index (χ1) is 12.1. The fourth-order valence-corrected chi connectivity index (χ4v) is 3.41. The number of hydrogen-bond acceptors (Lipinski definition) is 6. The van der Waals surface area contributed by atoms with Crippen LogP contribution in [-0.2, 0) is 0 Å². The molecule has 0 amide bonds. The van der Waals surface area contributed by atoms with Gasteiger partial charge >= 0.3 is 0 Å². The van der Waals surface area contributed by atoms with Crippen LogP contribution in [0.5, 0.6) is 11.5 Å². The number of fused-ring (bicyclic) bond motifs is 1. The van der Waals surface area contributed by atoms with E-state index in [4.69, 9.17) is 27.4 Å². The van der Waals surface area contributed by atoms with E-state index in [1.165, 1.54) is 0 Å². The third-order valence-electron chi connectivity index (χ3n) is 4.58. The van der Waals surface area contributed by atoms with Crippen molar-refractivity contribution in [1.82, 2.24) is 4.90 Å². The molecular formula is C18H22N4O2S. The van der Waals surface area contributed by atoms with E-state index in [1.807, 2.05) is 19.1 Å². The third-order valence-corrected chi connectivity index (χ3v) is 4.79. The van der Waals surface area contributed by atoms with E-state index in [1.54, 1.807) is 0 Å². The second kappa shape index (κ2) is 7.62. The maximum atomic E-state index is 9.27. The van der Waals surface area contributed by atoms with Crippen molar-refractivity contribution in [1.29, 1.82) is 5.26 Å². The molecule has 0 atom stereocenters. The first kappa shape index (κ1) is 17.4. The van der Waals surface area contributed by atoms with Gasteiger partial charge in [-0.05, 0) is 25.5 Å². The molecule has 1 fully saturated rings. The van der Waals surface area contributed by atoms with Crippen molar-refractivity contribution in [2.24, 2.45) is 5.73 Å². The van der Waals surface area contributed by atoms with E-state index < -0.39 is 0 Å². The van der Waals surface area contributed by atoms with E-state index in [2.05, 4.69) is 21.9 Å². The van der Waals surface area contributed by atoms with Crippen LogP contribution < -0.4 is 20.1 Å². The molecule has 2 N–H and O–H groups in total. The number of rotatable bonds is 3. The lowest BCUT2D eigenvalue weighted by Crippen LogP contribution is -2.31. The van der Waals surface area contributed by atoms with Crippen LogP contribution >= 0.6 is 12.2 Å². The van der Waals surface area contributed by atoms with Crippen LogP contribution in [0.4, 0.5) is 5.69 Å². The number of nitrogens with two attached hydrogens (primary N) is 1. The highest BCUT2D eigenvalue weighted by atomic mass is 32.1. The summed E-state index contributed by atoms with van der Waals surface area (Å²) in [5, 5.41) is 9.27. The van der Waals surface area contributed by atoms with Gasteiger partial charge in [0.05, 0.1) is 0 Å². The molecule has 0 radical (unpaired) electrons. The summed E-state index contributed by atoms with van der Waals surface area (Å²) in [6, 6.07) is 8.21. The average Bonchev–Trinajstić information content (AvgIpc) is 2.87. The van der Waals surface area contributed by atoms with Crippen LogP contribution in [-0.4, -0.2) is 49.3 Å². The first-order valence-electron chi connectivity index (χ1n) is 8.40. The van der Waals surface area contributed by atoms with Gasteiger partial charge in [-0.15, -0.1) is 0 Å². The van der Waals surface area contributed by atoms with Gasteiger partial charge < -0.3 is 25.0 Å². The predicted molar refractivity (Wildman–Crippen MR) is 101 cm³/mol. The Bertz CT molecular complexity index is 741. The highest BCUT2D eigenvalue weighted by Crippen LogP contribution is 2.34. The molecule has 1 saturated heterocycles. The van der Waals surface area contributed by atoms with Crippen LogP contribution in [0.3, 0.4) is 0 Å². The van der Waals surface area contributed by atoms with Crippen molar-refractivity contribution in [3.63, 3.8) is 0 Å². The van der Waals surface area contributed by atoms with Crippen molar-refractivity contribution in [3.8, 4) is 17.6 Å². The van der Waals surface area contributed by atoms with Crippen LogP contribution in [0.25, 0.3) is 0 Å². The summed E-state index contributed by atoms with van der Waals surface area (Å²) in [7, 11) is 0. The van der Waals surface area contributed by atoms with Crippen LogP contribution in [0.2, 0.25) is 0 Å². The summed E-state index contributed by atoms with van der Waals surface area (Å²) in [6.45, 7) is 6.59. The minimum atomic E-state index is 0.160. The van der Waals surface area contributed by atoms with Crippen LogP contribution in [0.15, 0.2) is 29.5 Å². The Labute approximate surface area is 153 Å². The monoisotopic (exact) mass is 358 g/mol. The first-order valence-corrected chi connectivity index (χ1v) is 8.81. The zero-order chi connectivity index (χ0) is 17.8. The summed E-state index contributed by atoms with van der Waals surface area (Å²) in [6.07, 6.45) is 0.988. The molecule has 0 saturated carbocycles. The molecule has 1 aromatic rings. The Morgan fingerprint density at radius 1 is 1.16 bits per heavy atom. The maximum Gasteiger partial charge on any atom is 0.163 e. The van der Waals surface area contributed by atoms with Gasteiger partial charge in [0.2, 0.25) is 0 Å².